The van der Waals surface area contributed by atoms with E-state index in [2.05, 4.69) is 22.1 Å². The molecule has 0 spiro atoms. The van der Waals surface area contributed by atoms with Gasteiger partial charge in [0.2, 0.25) is 0 Å². The van der Waals surface area contributed by atoms with E-state index in [0.29, 0.717) is 0 Å². The van der Waals surface area contributed by atoms with Gasteiger partial charge in [-0.1, -0.05) is 6.92 Å². The Hall–Kier alpha value is -0.570. The minimum absolute atomic E-state index is 0.851. The highest BCUT2D eigenvalue weighted by Gasteiger charge is 1.99. The standard InChI is InChI=1S/C5H11N3/c1-2-8-4-6-3-7-5-8/h3H,2,4-5H2,1H3,(H,6,7). The lowest BCUT2D eigenvalue weighted by molar-refractivity contribution is 0.282. The molecule has 0 bridgehead atoms. The van der Waals surface area contributed by atoms with Crippen LogP contribution in [0, 0.1) is 0 Å². The Labute approximate surface area is 49.4 Å². The average molecular weight is 113 g/mol. The van der Waals surface area contributed by atoms with E-state index in [1.54, 1.807) is 6.34 Å². The van der Waals surface area contributed by atoms with Crippen molar-refractivity contribution in [1.29, 1.82) is 0 Å². The van der Waals surface area contributed by atoms with Crippen molar-refractivity contribution in [3.05, 3.63) is 0 Å². The van der Waals surface area contributed by atoms with Crippen LogP contribution in [0.1, 0.15) is 6.92 Å². The molecule has 0 fully saturated rings. The minimum atomic E-state index is 0.851. The lowest BCUT2D eigenvalue weighted by Gasteiger charge is -2.20. The van der Waals surface area contributed by atoms with Crippen molar-refractivity contribution in [2.45, 2.75) is 6.92 Å². The molecule has 0 aromatic heterocycles. The van der Waals surface area contributed by atoms with Crippen LogP contribution < -0.4 is 5.32 Å². The van der Waals surface area contributed by atoms with Gasteiger partial charge in [-0.2, -0.15) is 0 Å². The number of nitrogens with one attached hydrogen (secondary N) is 1. The molecule has 1 N–H and O–H groups in total. The monoisotopic (exact) mass is 113 g/mol. The van der Waals surface area contributed by atoms with Crippen LogP contribution >= 0.6 is 0 Å². The van der Waals surface area contributed by atoms with E-state index >= 15 is 0 Å². The SMILES string of the molecule is CCN1CN=CNC1. The number of aliphatic imine (C=N–C) groups is 1. The van der Waals surface area contributed by atoms with Crippen LogP contribution in [0.15, 0.2) is 4.99 Å². The van der Waals surface area contributed by atoms with E-state index in [4.69, 9.17) is 0 Å². The van der Waals surface area contributed by atoms with E-state index < -0.39 is 0 Å². The molecule has 0 atom stereocenters. The summed E-state index contributed by atoms with van der Waals surface area (Å²) in [7, 11) is 0. The molecule has 1 aliphatic heterocycles. The molecule has 0 saturated heterocycles. The zero-order valence-corrected chi connectivity index (χ0v) is 5.09. The zero-order valence-electron chi connectivity index (χ0n) is 5.09. The molecule has 0 aromatic rings. The third-order valence-corrected chi connectivity index (χ3v) is 1.23. The molecule has 0 amide bonds. The smallest absolute Gasteiger partial charge is 0.0940 e. The van der Waals surface area contributed by atoms with Crippen molar-refractivity contribution in [2.75, 3.05) is 19.9 Å². The van der Waals surface area contributed by atoms with Gasteiger partial charge in [-0.25, -0.2) is 0 Å². The summed E-state index contributed by atoms with van der Waals surface area (Å²) in [6, 6.07) is 0. The predicted octanol–water partition coefficient (Wildman–Crippen LogP) is -0.145. The Bertz CT molecular complexity index is 89.7. The number of hydrogen-bond acceptors (Lipinski definition) is 3. The second kappa shape index (κ2) is 2.67. The topological polar surface area (TPSA) is 27.6 Å². The molecular formula is C5H11N3. The highest BCUT2D eigenvalue weighted by Crippen LogP contribution is 1.86. The highest BCUT2D eigenvalue weighted by atomic mass is 15.3. The Morgan fingerprint density at radius 3 is 3.12 bits per heavy atom. The van der Waals surface area contributed by atoms with Crippen molar-refractivity contribution in [1.82, 2.24) is 10.2 Å². The number of nitrogens with zero attached hydrogens (tertiary/aromatic N) is 2. The van der Waals surface area contributed by atoms with E-state index in [0.717, 1.165) is 19.9 Å². The fourth-order valence-corrected chi connectivity index (χ4v) is 0.653. The lowest BCUT2D eigenvalue weighted by atomic mass is 10.6. The maximum atomic E-state index is 4.02. The van der Waals surface area contributed by atoms with Crippen molar-refractivity contribution in [3.63, 3.8) is 0 Å². The molecule has 0 unspecified atom stereocenters. The molecule has 8 heavy (non-hydrogen) atoms. The van der Waals surface area contributed by atoms with Gasteiger partial charge in [0, 0.05) is 0 Å². The maximum Gasteiger partial charge on any atom is 0.0940 e. The Kier molecular flexibility index (Phi) is 1.86. The van der Waals surface area contributed by atoms with Gasteiger partial charge in [0.15, 0.2) is 0 Å². The second-order valence-electron chi connectivity index (χ2n) is 1.80. The van der Waals surface area contributed by atoms with E-state index in [9.17, 15) is 0 Å². The normalized spacial score (nSPS) is 20.6. The van der Waals surface area contributed by atoms with Gasteiger partial charge in [0.25, 0.3) is 0 Å². The molecule has 1 aliphatic rings. The molecule has 0 radical (unpaired) electrons. The first-order valence-corrected chi connectivity index (χ1v) is 2.87. The van der Waals surface area contributed by atoms with Gasteiger partial charge < -0.3 is 5.32 Å². The van der Waals surface area contributed by atoms with Crippen molar-refractivity contribution < 1.29 is 0 Å². The first kappa shape index (κ1) is 5.56. The Morgan fingerprint density at radius 2 is 2.75 bits per heavy atom. The molecule has 1 heterocycles. The molecule has 3 nitrogen and oxygen atoms in total. The van der Waals surface area contributed by atoms with Crippen LogP contribution in [0.2, 0.25) is 0 Å². The van der Waals surface area contributed by atoms with Crippen LogP contribution in [0.3, 0.4) is 0 Å². The molecule has 0 saturated carbocycles. The first-order chi connectivity index (χ1) is 3.93. The van der Waals surface area contributed by atoms with Crippen LogP contribution in [-0.4, -0.2) is 31.1 Å². The average Bonchev–Trinajstić information content (AvgIpc) is 1.90. The maximum absolute atomic E-state index is 4.02. The molecule has 1 rings (SSSR count). The van der Waals surface area contributed by atoms with Crippen molar-refractivity contribution in [3.8, 4) is 0 Å². The first-order valence-electron chi connectivity index (χ1n) is 2.87. The van der Waals surface area contributed by atoms with Gasteiger partial charge in [0.1, 0.15) is 0 Å². The van der Waals surface area contributed by atoms with Crippen LogP contribution in [0.5, 0.6) is 0 Å². The van der Waals surface area contributed by atoms with Gasteiger partial charge in [-0.05, 0) is 6.54 Å². The third-order valence-electron chi connectivity index (χ3n) is 1.23. The van der Waals surface area contributed by atoms with E-state index in [1.165, 1.54) is 0 Å². The van der Waals surface area contributed by atoms with Crippen molar-refractivity contribution in [2.24, 2.45) is 4.99 Å². The zero-order chi connectivity index (χ0) is 5.82. The van der Waals surface area contributed by atoms with Gasteiger partial charge in [-0.3, -0.25) is 9.89 Å². The summed E-state index contributed by atoms with van der Waals surface area (Å²) in [5.74, 6) is 0. The van der Waals surface area contributed by atoms with Crippen LogP contribution in [-0.2, 0) is 0 Å². The highest BCUT2D eigenvalue weighted by molar-refractivity contribution is 5.54. The Morgan fingerprint density at radius 1 is 1.88 bits per heavy atom. The molecular weight excluding hydrogens is 102 g/mol. The number of rotatable bonds is 1. The summed E-state index contributed by atoms with van der Waals surface area (Å²) in [5.41, 5.74) is 0. The van der Waals surface area contributed by atoms with Crippen LogP contribution in [0.25, 0.3) is 0 Å². The summed E-state index contributed by atoms with van der Waals surface area (Å²) in [6.45, 7) is 5.00. The van der Waals surface area contributed by atoms with Gasteiger partial charge >= 0.3 is 0 Å². The summed E-state index contributed by atoms with van der Waals surface area (Å²) < 4.78 is 0. The quantitative estimate of drug-likeness (QED) is 0.512. The summed E-state index contributed by atoms with van der Waals surface area (Å²) in [6.07, 6.45) is 1.76. The van der Waals surface area contributed by atoms with E-state index in [-0.39, 0.29) is 0 Å². The summed E-state index contributed by atoms with van der Waals surface area (Å²) in [5, 5.41) is 3.02. The molecule has 0 aliphatic carbocycles. The minimum Gasteiger partial charge on any atom is -0.364 e. The predicted molar refractivity (Wildman–Crippen MR) is 33.7 cm³/mol. The van der Waals surface area contributed by atoms with Crippen molar-refractivity contribution >= 4 is 6.34 Å². The van der Waals surface area contributed by atoms with Gasteiger partial charge in [0.05, 0.1) is 19.7 Å². The number of hydrogen-bond donors (Lipinski definition) is 1. The fraction of sp³-hybridized carbons (Fsp3) is 0.800. The van der Waals surface area contributed by atoms with Crippen LogP contribution in [0.4, 0.5) is 0 Å². The fourth-order valence-electron chi connectivity index (χ4n) is 0.653. The molecule has 46 valence electrons. The summed E-state index contributed by atoms with van der Waals surface area (Å²) in [4.78, 5) is 6.23. The third kappa shape index (κ3) is 1.20. The largest absolute Gasteiger partial charge is 0.364 e. The van der Waals surface area contributed by atoms with Gasteiger partial charge in [-0.15, -0.1) is 0 Å². The lowest BCUT2D eigenvalue weighted by Crippen LogP contribution is -2.37. The van der Waals surface area contributed by atoms with E-state index in [1.807, 2.05) is 0 Å². The Balaban J connectivity index is 2.27. The molecule has 3 heteroatoms. The molecule has 0 aromatic carbocycles. The second-order valence-corrected chi connectivity index (χ2v) is 1.80. The summed E-state index contributed by atoms with van der Waals surface area (Å²) >= 11 is 0.